The lowest BCUT2D eigenvalue weighted by atomic mass is 10.1. The molecule has 0 spiro atoms. The summed E-state index contributed by atoms with van der Waals surface area (Å²) in [5, 5.41) is 15.1. The number of hydrogen-bond donors (Lipinski definition) is 6. The third-order valence-electron chi connectivity index (χ3n) is 5.21. The Labute approximate surface area is 229 Å². The number of urea groups is 1. The number of hydrogen-bond acceptors (Lipinski definition) is 8. The van der Waals surface area contributed by atoms with E-state index in [4.69, 9.17) is 21.3 Å². The van der Waals surface area contributed by atoms with Crippen LogP contribution in [0.5, 0.6) is 5.75 Å². The number of ether oxygens (including phenoxy) is 1. The maximum absolute atomic E-state index is 13.1. The molecule has 8 N–H and O–H groups in total. The lowest BCUT2D eigenvalue weighted by Gasteiger charge is -2.35. The number of imide groups is 1. The lowest BCUT2D eigenvalue weighted by Crippen LogP contribution is -2.59. The molecule has 2 atom stereocenters. The minimum absolute atomic E-state index is 0.0622. The fraction of sp³-hybridized carbons (Fsp3) is 0.381. The van der Waals surface area contributed by atoms with E-state index < -0.39 is 73.3 Å². The van der Waals surface area contributed by atoms with Gasteiger partial charge in [0.05, 0.1) is 25.6 Å². The molecule has 1 aromatic carbocycles. The standard InChI is InChI=1S/C21H26IN7O9/c1-38-14-3-2-10(22)6-13(14)28-5-4-17(32)29(21(28)37)9-25-18(33)11(7-15(23)30)26-19(34)12(8-16(24)31)27-20(35)36/h2-3,6,11-12,27H,4-5,7-9H2,1H3,(H2,23,30)(H2,24,31)(H,25,33)(H,26,34)(H,35,36)/t11-,12-/m0/s1. The summed E-state index contributed by atoms with van der Waals surface area (Å²) in [5.74, 6) is -4.33. The highest BCUT2D eigenvalue weighted by Gasteiger charge is 2.35. The Balaban J connectivity index is 2.16. The van der Waals surface area contributed by atoms with Gasteiger partial charge in [-0.25, -0.2) is 14.5 Å². The maximum atomic E-state index is 13.1. The van der Waals surface area contributed by atoms with Crippen molar-refractivity contribution in [1.82, 2.24) is 20.9 Å². The molecule has 0 saturated carbocycles. The predicted molar refractivity (Wildman–Crippen MR) is 137 cm³/mol. The zero-order valence-corrected chi connectivity index (χ0v) is 22.2. The van der Waals surface area contributed by atoms with Gasteiger partial charge in [-0.15, -0.1) is 0 Å². The van der Waals surface area contributed by atoms with Gasteiger partial charge in [-0.2, -0.15) is 0 Å². The molecule has 0 unspecified atom stereocenters. The van der Waals surface area contributed by atoms with E-state index in [9.17, 15) is 33.6 Å². The van der Waals surface area contributed by atoms with Crippen LogP contribution in [0.4, 0.5) is 15.3 Å². The van der Waals surface area contributed by atoms with Gasteiger partial charge in [0.25, 0.3) is 0 Å². The number of nitrogens with zero attached hydrogens (tertiary/aromatic N) is 2. The van der Waals surface area contributed by atoms with Crippen molar-refractivity contribution in [2.45, 2.75) is 31.3 Å². The van der Waals surface area contributed by atoms with Crippen LogP contribution in [0.3, 0.4) is 0 Å². The fourth-order valence-corrected chi connectivity index (χ4v) is 3.94. The number of carbonyl (C=O) groups is 7. The van der Waals surface area contributed by atoms with Crippen LogP contribution in [0, 0.1) is 3.57 Å². The van der Waals surface area contributed by atoms with Gasteiger partial charge in [0.2, 0.25) is 29.5 Å². The number of nitrogens with two attached hydrogens (primary N) is 2. The third kappa shape index (κ3) is 8.18. The first kappa shape index (κ1) is 30.1. The number of amides is 8. The predicted octanol–water partition coefficient (Wildman–Crippen LogP) is -1.60. The quantitative estimate of drug-likeness (QED) is 0.143. The molecule has 2 rings (SSSR count). The molecule has 1 heterocycles. The minimum Gasteiger partial charge on any atom is -0.495 e. The molecule has 206 valence electrons. The Hall–Kier alpha value is -4.16. The molecule has 8 amide bonds. The number of carbonyl (C=O) groups excluding carboxylic acids is 6. The molecule has 1 saturated heterocycles. The Morgan fingerprint density at radius 1 is 1.05 bits per heavy atom. The van der Waals surface area contributed by atoms with E-state index in [-0.39, 0.29) is 13.0 Å². The van der Waals surface area contributed by atoms with Crippen LogP contribution in [0.25, 0.3) is 0 Å². The van der Waals surface area contributed by atoms with Crippen molar-refractivity contribution in [3.8, 4) is 5.75 Å². The van der Waals surface area contributed by atoms with E-state index in [2.05, 4.69) is 33.2 Å². The SMILES string of the molecule is COc1ccc(I)cc1N1CCC(=O)N(CNC(=O)[C@H](CC(N)=O)NC(=O)[C@H](CC(N)=O)NC(=O)O)C1=O. The van der Waals surface area contributed by atoms with Gasteiger partial charge in [-0.3, -0.25) is 28.9 Å². The molecule has 1 fully saturated rings. The van der Waals surface area contributed by atoms with Crippen LogP contribution in [-0.4, -0.2) is 84.1 Å². The summed E-state index contributed by atoms with van der Waals surface area (Å²) in [6.45, 7) is -0.542. The van der Waals surface area contributed by atoms with E-state index in [0.717, 1.165) is 8.47 Å². The Kier molecular flexibility index (Phi) is 10.6. The molecule has 17 heteroatoms. The van der Waals surface area contributed by atoms with Gasteiger partial charge >= 0.3 is 12.1 Å². The Morgan fingerprint density at radius 3 is 2.21 bits per heavy atom. The number of anilines is 1. The van der Waals surface area contributed by atoms with Crippen LogP contribution in [-0.2, 0) is 24.0 Å². The van der Waals surface area contributed by atoms with Crippen molar-refractivity contribution in [3.05, 3.63) is 21.8 Å². The van der Waals surface area contributed by atoms with Crippen molar-refractivity contribution < 1.29 is 43.4 Å². The van der Waals surface area contributed by atoms with Crippen LogP contribution >= 0.6 is 22.6 Å². The van der Waals surface area contributed by atoms with E-state index >= 15 is 0 Å². The molecule has 1 aliphatic heterocycles. The average Bonchev–Trinajstić information content (AvgIpc) is 2.82. The van der Waals surface area contributed by atoms with Gasteiger partial charge < -0.3 is 37.3 Å². The summed E-state index contributed by atoms with van der Waals surface area (Å²) in [4.78, 5) is 86.6. The lowest BCUT2D eigenvalue weighted by molar-refractivity contribution is -0.134. The van der Waals surface area contributed by atoms with Gasteiger partial charge in [-0.05, 0) is 40.8 Å². The number of nitrogens with one attached hydrogen (secondary N) is 3. The van der Waals surface area contributed by atoms with E-state index in [0.29, 0.717) is 11.4 Å². The van der Waals surface area contributed by atoms with Gasteiger partial charge in [0.1, 0.15) is 24.5 Å². The highest BCUT2D eigenvalue weighted by molar-refractivity contribution is 14.1. The van der Waals surface area contributed by atoms with Crippen molar-refractivity contribution >= 4 is 69.9 Å². The number of methoxy groups -OCH3 is 1. The molecule has 1 aromatic rings. The van der Waals surface area contributed by atoms with Crippen molar-refractivity contribution in [3.63, 3.8) is 0 Å². The summed E-state index contributed by atoms with van der Waals surface area (Å²) in [6, 6.07) is 1.10. The topological polar surface area (TPSA) is 244 Å². The molecule has 0 aromatic heterocycles. The second-order valence-corrected chi connectivity index (χ2v) is 9.17. The van der Waals surface area contributed by atoms with E-state index in [1.807, 2.05) is 0 Å². The third-order valence-corrected chi connectivity index (χ3v) is 5.88. The van der Waals surface area contributed by atoms with Crippen LogP contribution < -0.4 is 37.1 Å². The molecule has 0 bridgehead atoms. The summed E-state index contributed by atoms with van der Waals surface area (Å²) >= 11 is 2.05. The molecule has 0 radical (unpaired) electrons. The molecule has 0 aliphatic carbocycles. The zero-order valence-electron chi connectivity index (χ0n) is 20.1. The van der Waals surface area contributed by atoms with Crippen molar-refractivity contribution in [1.29, 1.82) is 0 Å². The normalized spacial score (nSPS) is 14.8. The number of rotatable bonds is 12. The fourth-order valence-electron chi connectivity index (χ4n) is 3.47. The number of carboxylic acid groups (broad SMARTS) is 1. The number of primary amides is 2. The largest absolute Gasteiger partial charge is 0.495 e. The molecule has 16 nitrogen and oxygen atoms in total. The van der Waals surface area contributed by atoms with Crippen LogP contribution in [0.15, 0.2) is 18.2 Å². The monoisotopic (exact) mass is 647 g/mol. The van der Waals surface area contributed by atoms with Crippen LogP contribution in [0.2, 0.25) is 0 Å². The summed E-state index contributed by atoms with van der Waals surface area (Å²) < 4.78 is 6.12. The van der Waals surface area contributed by atoms with Crippen molar-refractivity contribution in [2.75, 3.05) is 25.2 Å². The summed E-state index contributed by atoms with van der Waals surface area (Å²) in [5.41, 5.74) is 10.6. The molecule has 1 aliphatic rings. The maximum Gasteiger partial charge on any atom is 0.405 e. The Bertz CT molecular complexity index is 1130. The van der Waals surface area contributed by atoms with Crippen LogP contribution in [0.1, 0.15) is 19.3 Å². The Morgan fingerprint density at radius 2 is 1.66 bits per heavy atom. The number of halogens is 1. The van der Waals surface area contributed by atoms with E-state index in [1.54, 1.807) is 23.5 Å². The highest BCUT2D eigenvalue weighted by Crippen LogP contribution is 2.32. The zero-order chi connectivity index (χ0) is 28.6. The van der Waals surface area contributed by atoms with Gasteiger partial charge in [-0.1, -0.05) is 0 Å². The van der Waals surface area contributed by atoms with E-state index in [1.165, 1.54) is 12.0 Å². The highest BCUT2D eigenvalue weighted by atomic mass is 127. The second kappa shape index (κ2) is 13.4. The average molecular weight is 647 g/mol. The molecular formula is C21H26IN7O9. The molecule has 38 heavy (non-hydrogen) atoms. The van der Waals surface area contributed by atoms with Crippen molar-refractivity contribution in [2.24, 2.45) is 11.5 Å². The summed E-state index contributed by atoms with van der Waals surface area (Å²) in [6.07, 6.45) is -3.13. The van der Waals surface area contributed by atoms with Gasteiger partial charge in [0, 0.05) is 16.5 Å². The first-order chi connectivity index (χ1) is 17.8. The number of benzene rings is 1. The first-order valence-electron chi connectivity index (χ1n) is 10.9. The van der Waals surface area contributed by atoms with Gasteiger partial charge in [0.15, 0.2) is 0 Å². The first-order valence-corrected chi connectivity index (χ1v) is 12.0. The minimum atomic E-state index is -1.66. The summed E-state index contributed by atoms with van der Waals surface area (Å²) in [7, 11) is 1.43. The molecular weight excluding hydrogens is 621 g/mol. The second-order valence-electron chi connectivity index (χ2n) is 7.93. The smallest absolute Gasteiger partial charge is 0.405 e.